The van der Waals surface area contributed by atoms with Crippen LogP contribution in [0.5, 0.6) is 0 Å². The minimum Gasteiger partial charge on any atom is -0.398 e. The third-order valence-electron chi connectivity index (χ3n) is 4.62. The topological polar surface area (TPSA) is 63.4 Å². The summed E-state index contributed by atoms with van der Waals surface area (Å²) in [6.07, 6.45) is 8.04. The van der Waals surface area contributed by atoms with Crippen molar-refractivity contribution in [2.24, 2.45) is 5.92 Å². The molecule has 1 aromatic carbocycles. The van der Waals surface area contributed by atoms with Gasteiger partial charge >= 0.3 is 0 Å². The van der Waals surface area contributed by atoms with Crippen LogP contribution in [0, 0.1) is 5.92 Å². The van der Waals surface area contributed by atoms with Crippen molar-refractivity contribution in [1.82, 2.24) is 4.31 Å². The Balaban J connectivity index is 1.84. The number of hydrogen-bond acceptors (Lipinski definition) is 3. The van der Waals surface area contributed by atoms with Gasteiger partial charge in [-0.05, 0) is 43.7 Å². The molecule has 0 bridgehead atoms. The van der Waals surface area contributed by atoms with Crippen LogP contribution in [-0.2, 0) is 10.0 Å². The summed E-state index contributed by atoms with van der Waals surface area (Å²) in [6.45, 7) is 0.668. The SMILES string of the molecule is Nc1ccccc1S(=O)(=O)N(CC1CCCCC1)C1CC1. The van der Waals surface area contributed by atoms with Gasteiger partial charge in [0.1, 0.15) is 4.90 Å². The molecule has 4 nitrogen and oxygen atoms in total. The highest BCUT2D eigenvalue weighted by molar-refractivity contribution is 7.89. The Bertz CT molecular complexity index is 590. The van der Waals surface area contributed by atoms with Gasteiger partial charge in [-0.25, -0.2) is 8.42 Å². The zero-order valence-corrected chi connectivity index (χ0v) is 13.2. The third-order valence-corrected chi connectivity index (χ3v) is 6.61. The van der Waals surface area contributed by atoms with Crippen LogP contribution in [0.25, 0.3) is 0 Å². The summed E-state index contributed by atoms with van der Waals surface area (Å²) < 4.78 is 27.6. The lowest BCUT2D eigenvalue weighted by Gasteiger charge is -2.29. The Morgan fingerprint density at radius 3 is 2.33 bits per heavy atom. The number of rotatable bonds is 5. The van der Waals surface area contributed by atoms with Gasteiger partial charge < -0.3 is 5.73 Å². The normalized spacial score (nSPS) is 20.8. The lowest BCUT2D eigenvalue weighted by molar-refractivity contribution is 0.274. The van der Waals surface area contributed by atoms with E-state index >= 15 is 0 Å². The van der Waals surface area contributed by atoms with Crippen LogP contribution < -0.4 is 5.73 Å². The first-order chi connectivity index (χ1) is 10.1. The number of hydrogen-bond donors (Lipinski definition) is 1. The van der Waals surface area contributed by atoms with Gasteiger partial charge in [-0.1, -0.05) is 31.4 Å². The summed E-state index contributed by atoms with van der Waals surface area (Å²) in [4.78, 5) is 0.271. The molecule has 0 aromatic heterocycles. The summed E-state index contributed by atoms with van der Waals surface area (Å²) in [7, 11) is -3.46. The molecule has 0 atom stereocenters. The third kappa shape index (κ3) is 3.24. The quantitative estimate of drug-likeness (QED) is 0.851. The summed E-state index contributed by atoms with van der Waals surface area (Å²) in [5, 5.41) is 0. The summed E-state index contributed by atoms with van der Waals surface area (Å²) >= 11 is 0. The fourth-order valence-electron chi connectivity index (χ4n) is 3.27. The standard InChI is InChI=1S/C16H24N2O2S/c17-15-8-4-5-9-16(15)21(19,20)18(14-10-11-14)12-13-6-2-1-3-7-13/h4-5,8-9,13-14H,1-3,6-7,10-12,17H2. The molecule has 2 aliphatic rings. The van der Waals surface area contributed by atoms with Crippen LogP contribution in [0.3, 0.4) is 0 Å². The predicted molar refractivity (Wildman–Crippen MR) is 84.3 cm³/mol. The molecule has 0 amide bonds. The zero-order valence-electron chi connectivity index (χ0n) is 12.4. The molecule has 0 unspecified atom stereocenters. The minimum absolute atomic E-state index is 0.191. The zero-order chi connectivity index (χ0) is 14.9. The maximum Gasteiger partial charge on any atom is 0.245 e. The van der Waals surface area contributed by atoms with E-state index in [1.54, 1.807) is 28.6 Å². The van der Waals surface area contributed by atoms with E-state index in [0.29, 0.717) is 18.2 Å². The summed E-state index contributed by atoms with van der Waals surface area (Å²) in [6, 6.07) is 7.00. The fraction of sp³-hybridized carbons (Fsp3) is 0.625. The van der Waals surface area contributed by atoms with E-state index in [1.807, 2.05) is 0 Å². The van der Waals surface area contributed by atoms with Crippen molar-refractivity contribution in [2.45, 2.75) is 55.9 Å². The van der Waals surface area contributed by atoms with Crippen LogP contribution in [0.15, 0.2) is 29.2 Å². The molecule has 5 heteroatoms. The van der Waals surface area contributed by atoms with Crippen molar-refractivity contribution in [1.29, 1.82) is 0 Å². The van der Waals surface area contributed by atoms with E-state index in [0.717, 1.165) is 25.7 Å². The molecule has 2 N–H and O–H groups in total. The molecule has 2 saturated carbocycles. The van der Waals surface area contributed by atoms with Gasteiger partial charge in [0.05, 0.1) is 5.69 Å². The Morgan fingerprint density at radius 1 is 1.05 bits per heavy atom. The Morgan fingerprint density at radius 2 is 1.71 bits per heavy atom. The van der Waals surface area contributed by atoms with Gasteiger partial charge in [-0.2, -0.15) is 4.31 Å². The Labute approximate surface area is 127 Å². The number of para-hydroxylation sites is 1. The number of nitrogens with zero attached hydrogens (tertiary/aromatic N) is 1. The van der Waals surface area contributed by atoms with E-state index in [2.05, 4.69) is 0 Å². The maximum absolute atomic E-state index is 13.0. The molecule has 0 heterocycles. The molecule has 0 aliphatic heterocycles. The molecule has 0 spiro atoms. The highest BCUT2D eigenvalue weighted by Crippen LogP contribution is 2.36. The van der Waals surface area contributed by atoms with Gasteiger partial charge in [-0.3, -0.25) is 0 Å². The van der Waals surface area contributed by atoms with E-state index in [1.165, 1.54) is 19.3 Å². The lowest BCUT2D eigenvalue weighted by Crippen LogP contribution is -2.38. The van der Waals surface area contributed by atoms with Crippen molar-refractivity contribution in [2.75, 3.05) is 12.3 Å². The van der Waals surface area contributed by atoms with Crippen LogP contribution in [0.1, 0.15) is 44.9 Å². The molecular weight excluding hydrogens is 284 g/mol. The van der Waals surface area contributed by atoms with E-state index in [-0.39, 0.29) is 10.9 Å². The van der Waals surface area contributed by atoms with Gasteiger partial charge in [0.25, 0.3) is 0 Å². The number of anilines is 1. The second-order valence-corrected chi connectivity index (χ2v) is 8.21. The maximum atomic E-state index is 13.0. The summed E-state index contributed by atoms with van der Waals surface area (Å²) in [5.74, 6) is 0.513. The van der Waals surface area contributed by atoms with Crippen molar-refractivity contribution in [3.05, 3.63) is 24.3 Å². The monoisotopic (exact) mass is 308 g/mol. The van der Waals surface area contributed by atoms with Crippen molar-refractivity contribution >= 4 is 15.7 Å². The first kappa shape index (κ1) is 14.9. The first-order valence-corrected chi connectivity index (χ1v) is 9.39. The van der Waals surface area contributed by atoms with Crippen LogP contribution in [-0.4, -0.2) is 25.3 Å². The lowest BCUT2D eigenvalue weighted by atomic mass is 9.89. The van der Waals surface area contributed by atoms with Crippen molar-refractivity contribution in [3.63, 3.8) is 0 Å². The smallest absolute Gasteiger partial charge is 0.245 e. The minimum atomic E-state index is -3.46. The number of nitrogens with two attached hydrogens (primary N) is 1. The van der Waals surface area contributed by atoms with Gasteiger partial charge in [-0.15, -0.1) is 0 Å². The second kappa shape index (κ2) is 5.97. The fourth-order valence-corrected chi connectivity index (χ4v) is 5.15. The Hall–Kier alpha value is -1.07. The average molecular weight is 308 g/mol. The molecule has 2 aliphatic carbocycles. The summed E-state index contributed by atoms with van der Waals surface area (Å²) in [5.41, 5.74) is 6.25. The molecule has 3 rings (SSSR count). The van der Waals surface area contributed by atoms with Crippen molar-refractivity contribution < 1.29 is 8.42 Å². The van der Waals surface area contributed by atoms with Crippen molar-refractivity contribution in [3.8, 4) is 0 Å². The Kier molecular flexibility index (Phi) is 4.22. The molecule has 0 radical (unpaired) electrons. The molecule has 2 fully saturated rings. The van der Waals surface area contributed by atoms with E-state index < -0.39 is 10.0 Å². The van der Waals surface area contributed by atoms with Crippen LogP contribution in [0.2, 0.25) is 0 Å². The molecular formula is C16H24N2O2S. The average Bonchev–Trinajstić information content (AvgIpc) is 3.30. The molecule has 21 heavy (non-hydrogen) atoms. The van der Waals surface area contributed by atoms with E-state index in [9.17, 15) is 8.42 Å². The number of nitrogen functional groups attached to an aromatic ring is 1. The first-order valence-electron chi connectivity index (χ1n) is 7.95. The van der Waals surface area contributed by atoms with Gasteiger partial charge in [0.15, 0.2) is 0 Å². The molecule has 0 saturated heterocycles. The number of sulfonamides is 1. The largest absolute Gasteiger partial charge is 0.398 e. The van der Waals surface area contributed by atoms with Gasteiger partial charge in [0, 0.05) is 12.6 Å². The predicted octanol–water partition coefficient (Wildman–Crippen LogP) is 3.00. The highest BCUT2D eigenvalue weighted by Gasteiger charge is 2.39. The van der Waals surface area contributed by atoms with Gasteiger partial charge in [0.2, 0.25) is 10.0 Å². The number of benzene rings is 1. The molecule has 1 aromatic rings. The van der Waals surface area contributed by atoms with E-state index in [4.69, 9.17) is 5.73 Å². The highest BCUT2D eigenvalue weighted by atomic mass is 32.2. The second-order valence-electron chi connectivity index (χ2n) is 6.35. The van der Waals surface area contributed by atoms with Crippen LogP contribution >= 0.6 is 0 Å². The molecule has 116 valence electrons. The van der Waals surface area contributed by atoms with Crippen LogP contribution in [0.4, 0.5) is 5.69 Å².